The van der Waals surface area contributed by atoms with Crippen LogP contribution in [0.15, 0.2) is 82.6 Å². The van der Waals surface area contributed by atoms with E-state index >= 15 is 0 Å². The average molecular weight is 410 g/mol. The van der Waals surface area contributed by atoms with Crippen molar-refractivity contribution in [3.05, 3.63) is 94.2 Å². The first-order valence-corrected chi connectivity index (χ1v) is 8.71. The molecule has 2 aromatic carbocycles. The van der Waals surface area contributed by atoms with Gasteiger partial charge in [-0.2, -0.15) is 5.10 Å². The van der Waals surface area contributed by atoms with Crippen LogP contribution in [0.3, 0.4) is 0 Å². The third kappa shape index (κ3) is 5.00. The van der Waals surface area contributed by atoms with Gasteiger partial charge in [-0.05, 0) is 35.9 Å². The van der Waals surface area contributed by atoms with Gasteiger partial charge in [-0.15, -0.1) is 0 Å². The lowest BCUT2D eigenvalue weighted by atomic mass is 10.2. The van der Waals surface area contributed by atoms with Crippen LogP contribution in [0.4, 0.5) is 0 Å². The second-order valence-corrected chi connectivity index (χ2v) is 6.31. The fraction of sp³-hybridized carbons (Fsp3) is 0.0500. The Kier molecular flexibility index (Phi) is 6.11. The molecule has 1 heterocycles. The smallest absolute Gasteiger partial charge is 0.271 e. The lowest BCUT2D eigenvalue weighted by molar-refractivity contribution is 0.0955. The predicted molar refractivity (Wildman–Crippen MR) is 104 cm³/mol. The Morgan fingerprint density at radius 2 is 1.88 bits per heavy atom. The maximum Gasteiger partial charge on any atom is 0.271 e. The Balaban J connectivity index is 1.68. The number of rotatable bonds is 6. The number of carbonyl (C=O) groups excluding carboxylic acids is 1. The molecule has 0 aliphatic heterocycles. The second-order valence-electron chi connectivity index (χ2n) is 5.39. The molecular formula is C20H16BrN3O2. The van der Waals surface area contributed by atoms with Crippen LogP contribution in [-0.4, -0.2) is 17.1 Å². The summed E-state index contributed by atoms with van der Waals surface area (Å²) in [4.78, 5) is 15.9. The summed E-state index contributed by atoms with van der Waals surface area (Å²) in [6.07, 6.45) is 4.68. The van der Waals surface area contributed by atoms with E-state index < -0.39 is 0 Å². The summed E-state index contributed by atoms with van der Waals surface area (Å²) in [5.74, 6) is 0.379. The number of benzene rings is 2. The van der Waals surface area contributed by atoms with E-state index in [0.717, 1.165) is 15.6 Å². The number of amides is 1. The van der Waals surface area contributed by atoms with E-state index in [4.69, 9.17) is 4.74 Å². The van der Waals surface area contributed by atoms with E-state index in [-0.39, 0.29) is 5.91 Å². The van der Waals surface area contributed by atoms with Crippen molar-refractivity contribution in [2.75, 3.05) is 0 Å². The van der Waals surface area contributed by atoms with Gasteiger partial charge in [0.25, 0.3) is 5.91 Å². The Hall–Kier alpha value is -2.99. The van der Waals surface area contributed by atoms with E-state index in [1.165, 1.54) is 0 Å². The van der Waals surface area contributed by atoms with Crippen LogP contribution >= 0.6 is 15.9 Å². The summed E-state index contributed by atoms with van der Waals surface area (Å²) in [6, 6.07) is 18.8. The van der Waals surface area contributed by atoms with E-state index in [1.54, 1.807) is 30.7 Å². The molecule has 0 saturated carbocycles. The Bertz CT molecular complexity index is 899. The van der Waals surface area contributed by atoms with Crippen LogP contribution in [0.2, 0.25) is 0 Å². The van der Waals surface area contributed by atoms with Crippen molar-refractivity contribution in [1.29, 1.82) is 0 Å². The quantitative estimate of drug-likeness (QED) is 0.490. The number of hydrogen-bond donors (Lipinski definition) is 1. The molecule has 0 radical (unpaired) electrons. The number of hydrazone groups is 1. The van der Waals surface area contributed by atoms with Crippen molar-refractivity contribution in [2.24, 2.45) is 5.10 Å². The Morgan fingerprint density at radius 3 is 2.65 bits per heavy atom. The fourth-order valence-electron chi connectivity index (χ4n) is 2.22. The van der Waals surface area contributed by atoms with Gasteiger partial charge in [-0.1, -0.05) is 46.3 Å². The molecule has 6 heteroatoms. The zero-order chi connectivity index (χ0) is 18.2. The Labute approximate surface area is 159 Å². The first kappa shape index (κ1) is 17.8. The molecule has 5 nitrogen and oxygen atoms in total. The number of nitrogens with zero attached hydrogens (tertiary/aromatic N) is 2. The normalized spacial score (nSPS) is 10.7. The highest BCUT2D eigenvalue weighted by Crippen LogP contribution is 2.22. The van der Waals surface area contributed by atoms with E-state index in [1.807, 2.05) is 48.5 Å². The first-order valence-electron chi connectivity index (χ1n) is 7.92. The molecule has 0 atom stereocenters. The van der Waals surface area contributed by atoms with Crippen molar-refractivity contribution in [3.8, 4) is 5.75 Å². The molecule has 1 aromatic heterocycles. The van der Waals surface area contributed by atoms with Crippen LogP contribution in [-0.2, 0) is 6.61 Å². The summed E-state index contributed by atoms with van der Waals surface area (Å²) in [5, 5.41) is 4.03. The molecule has 3 rings (SSSR count). The van der Waals surface area contributed by atoms with Crippen molar-refractivity contribution in [2.45, 2.75) is 6.61 Å². The van der Waals surface area contributed by atoms with E-state index in [9.17, 15) is 4.79 Å². The highest BCUT2D eigenvalue weighted by atomic mass is 79.9. The minimum absolute atomic E-state index is 0.301. The van der Waals surface area contributed by atoms with Crippen LogP contribution in [0, 0.1) is 0 Å². The third-order valence-corrected chi connectivity index (χ3v) is 4.01. The van der Waals surface area contributed by atoms with Crippen LogP contribution in [0.1, 0.15) is 21.5 Å². The number of pyridine rings is 1. The summed E-state index contributed by atoms with van der Waals surface area (Å²) in [6.45, 7) is 0.451. The van der Waals surface area contributed by atoms with Gasteiger partial charge in [0, 0.05) is 28.0 Å². The maximum atomic E-state index is 12.0. The third-order valence-electron chi connectivity index (χ3n) is 3.52. The van der Waals surface area contributed by atoms with E-state index in [2.05, 4.69) is 31.4 Å². The topological polar surface area (TPSA) is 63.6 Å². The average Bonchev–Trinajstić information content (AvgIpc) is 2.69. The van der Waals surface area contributed by atoms with Gasteiger partial charge in [-0.3, -0.25) is 9.78 Å². The van der Waals surface area contributed by atoms with Crippen molar-refractivity contribution >= 4 is 28.1 Å². The molecule has 3 aromatic rings. The molecule has 0 saturated heterocycles. The van der Waals surface area contributed by atoms with Crippen LogP contribution < -0.4 is 10.2 Å². The number of halogens is 1. The number of ether oxygens (including phenoxy) is 1. The number of carbonyl (C=O) groups is 1. The lowest BCUT2D eigenvalue weighted by Crippen LogP contribution is -2.17. The molecule has 26 heavy (non-hydrogen) atoms. The van der Waals surface area contributed by atoms with Crippen LogP contribution in [0.25, 0.3) is 0 Å². The SMILES string of the molecule is O=C(N/N=C/c1cc(Br)ccc1OCc1ccccc1)c1ccncc1. The second kappa shape index (κ2) is 8.92. The molecule has 1 amide bonds. The molecule has 0 bridgehead atoms. The van der Waals surface area contributed by atoms with Crippen molar-refractivity contribution in [3.63, 3.8) is 0 Å². The van der Waals surface area contributed by atoms with E-state index in [0.29, 0.717) is 17.9 Å². The minimum atomic E-state index is -0.301. The number of aromatic nitrogens is 1. The monoisotopic (exact) mass is 409 g/mol. The zero-order valence-corrected chi connectivity index (χ0v) is 15.4. The lowest BCUT2D eigenvalue weighted by Gasteiger charge is -2.09. The number of hydrogen-bond acceptors (Lipinski definition) is 4. The van der Waals surface area contributed by atoms with Gasteiger partial charge in [0.15, 0.2) is 0 Å². The molecule has 0 unspecified atom stereocenters. The zero-order valence-electron chi connectivity index (χ0n) is 13.8. The van der Waals surface area contributed by atoms with Gasteiger partial charge in [0.05, 0.1) is 6.21 Å². The molecule has 0 spiro atoms. The summed E-state index contributed by atoms with van der Waals surface area (Å²) < 4.78 is 6.78. The predicted octanol–water partition coefficient (Wildman–Crippen LogP) is 4.19. The van der Waals surface area contributed by atoms with Crippen molar-refractivity contribution in [1.82, 2.24) is 10.4 Å². The standard InChI is InChI=1S/C20H16BrN3O2/c21-18-6-7-19(26-14-15-4-2-1-3-5-15)17(12-18)13-23-24-20(25)16-8-10-22-11-9-16/h1-13H,14H2,(H,24,25)/b23-13+. The molecule has 1 N–H and O–H groups in total. The van der Waals surface area contributed by atoms with Crippen molar-refractivity contribution < 1.29 is 9.53 Å². The van der Waals surface area contributed by atoms with Gasteiger partial charge >= 0.3 is 0 Å². The van der Waals surface area contributed by atoms with Gasteiger partial charge in [-0.25, -0.2) is 5.43 Å². The number of nitrogens with one attached hydrogen (secondary N) is 1. The first-order chi connectivity index (χ1) is 12.7. The van der Waals surface area contributed by atoms with Gasteiger partial charge < -0.3 is 4.74 Å². The largest absolute Gasteiger partial charge is 0.488 e. The summed E-state index contributed by atoms with van der Waals surface area (Å²) in [5.41, 5.74) is 4.82. The fourth-order valence-corrected chi connectivity index (χ4v) is 2.59. The molecule has 130 valence electrons. The Morgan fingerprint density at radius 1 is 1.12 bits per heavy atom. The summed E-state index contributed by atoms with van der Waals surface area (Å²) in [7, 11) is 0. The van der Waals surface area contributed by atoms with Gasteiger partial charge in [0.2, 0.25) is 0 Å². The van der Waals surface area contributed by atoms with Gasteiger partial charge in [0.1, 0.15) is 12.4 Å². The maximum absolute atomic E-state index is 12.0. The highest BCUT2D eigenvalue weighted by Gasteiger charge is 2.05. The molecule has 0 aliphatic carbocycles. The van der Waals surface area contributed by atoms with Crippen LogP contribution in [0.5, 0.6) is 5.75 Å². The highest BCUT2D eigenvalue weighted by molar-refractivity contribution is 9.10. The molecule has 0 aliphatic rings. The molecular weight excluding hydrogens is 394 g/mol. The summed E-state index contributed by atoms with van der Waals surface area (Å²) >= 11 is 3.44. The molecule has 0 fully saturated rings. The minimum Gasteiger partial charge on any atom is -0.488 e.